The largest absolute Gasteiger partial charge is 0.385 e. The molecule has 0 aliphatic heterocycles. The van der Waals surface area contributed by atoms with E-state index in [-0.39, 0.29) is 5.78 Å². The Morgan fingerprint density at radius 3 is 2.50 bits per heavy atom. The van der Waals surface area contributed by atoms with Crippen molar-refractivity contribution in [1.82, 2.24) is 0 Å². The molecule has 1 rings (SSSR count). The summed E-state index contributed by atoms with van der Waals surface area (Å²) in [4.78, 5) is 11.1. The molecule has 1 N–H and O–H groups in total. The third kappa shape index (κ3) is 3.13. The summed E-state index contributed by atoms with van der Waals surface area (Å²) < 4.78 is 0. The first kappa shape index (κ1) is 11.2. The fourth-order valence-electron chi connectivity index (χ4n) is 1.19. The standard InChI is InChI=1S/C11H13ClO2/c1-2-10(13)11(14)7-8-3-5-9(12)6-4-8/h3-6,11,14H,2,7H2,1H3/t11-/m1/s1. The molecule has 14 heavy (non-hydrogen) atoms. The van der Waals surface area contributed by atoms with E-state index in [0.717, 1.165) is 5.56 Å². The monoisotopic (exact) mass is 212 g/mol. The SMILES string of the molecule is CCC(=O)[C@H](O)Cc1ccc(Cl)cc1. The Kier molecular flexibility index (Phi) is 4.11. The minimum Gasteiger partial charge on any atom is -0.385 e. The number of aliphatic hydroxyl groups is 1. The van der Waals surface area contributed by atoms with Crippen molar-refractivity contribution in [2.24, 2.45) is 0 Å². The van der Waals surface area contributed by atoms with E-state index >= 15 is 0 Å². The second-order valence-electron chi connectivity index (χ2n) is 3.17. The van der Waals surface area contributed by atoms with E-state index in [2.05, 4.69) is 0 Å². The van der Waals surface area contributed by atoms with Gasteiger partial charge in [0.1, 0.15) is 6.10 Å². The third-order valence-electron chi connectivity index (χ3n) is 2.06. The lowest BCUT2D eigenvalue weighted by atomic mass is 10.0. The Hall–Kier alpha value is -0.860. The van der Waals surface area contributed by atoms with Crippen LogP contribution in [0.3, 0.4) is 0 Å². The van der Waals surface area contributed by atoms with Crippen LogP contribution in [0, 0.1) is 0 Å². The average Bonchev–Trinajstić information content (AvgIpc) is 2.20. The quantitative estimate of drug-likeness (QED) is 0.831. The van der Waals surface area contributed by atoms with Crippen LogP contribution in [0.5, 0.6) is 0 Å². The molecule has 0 heterocycles. The van der Waals surface area contributed by atoms with Gasteiger partial charge in [-0.15, -0.1) is 0 Å². The van der Waals surface area contributed by atoms with Gasteiger partial charge in [-0.1, -0.05) is 30.7 Å². The van der Waals surface area contributed by atoms with Gasteiger partial charge in [-0.3, -0.25) is 4.79 Å². The number of carbonyl (C=O) groups excluding carboxylic acids is 1. The maximum absolute atomic E-state index is 11.1. The summed E-state index contributed by atoms with van der Waals surface area (Å²) in [6.45, 7) is 1.74. The Morgan fingerprint density at radius 1 is 1.43 bits per heavy atom. The van der Waals surface area contributed by atoms with Crippen molar-refractivity contribution in [3.63, 3.8) is 0 Å². The van der Waals surface area contributed by atoms with Gasteiger partial charge in [0.25, 0.3) is 0 Å². The van der Waals surface area contributed by atoms with Crippen molar-refractivity contribution in [3.8, 4) is 0 Å². The number of benzene rings is 1. The van der Waals surface area contributed by atoms with E-state index in [1.807, 2.05) is 12.1 Å². The number of halogens is 1. The molecule has 0 bridgehead atoms. The van der Waals surface area contributed by atoms with Gasteiger partial charge in [0.05, 0.1) is 0 Å². The van der Waals surface area contributed by atoms with E-state index in [1.54, 1.807) is 19.1 Å². The Labute approximate surface area is 88.5 Å². The molecule has 1 aromatic rings. The summed E-state index contributed by atoms with van der Waals surface area (Å²) in [6.07, 6.45) is -0.153. The van der Waals surface area contributed by atoms with Crippen molar-refractivity contribution < 1.29 is 9.90 Å². The normalized spacial score (nSPS) is 12.5. The lowest BCUT2D eigenvalue weighted by Gasteiger charge is -2.07. The third-order valence-corrected chi connectivity index (χ3v) is 2.31. The summed E-state index contributed by atoms with van der Waals surface area (Å²) in [5.41, 5.74) is 0.920. The fourth-order valence-corrected chi connectivity index (χ4v) is 1.32. The summed E-state index contributed by atoms with van der Waals surface area (Å²) in [5.74, 6) is -0.125. The van der Waals surface area contributed by atoms with E-state index in [9.17, 15) is 9.90 Å². The van der Waals surface area contributed by atoms with Gasteiger partial charge in [-0.2, -0.15) is 0 Å². The van der Waals surface area contributed by atoms with E-state index in [4.69, 9.17) is 11.6 Å². The first-order valence-electron chi connectivity index (χ1n) is 4.58. The topological polar surface area (TPSA) is 37.3 Å². The van der Waals surface area contributed by atoms with Crippen LogP contribution in [0.25, 0.3) is 0 Å². The highest BCUT2D eigenvalue weighted by Crippen LogP contribution is 2.11. The van der Waals surface area contributed by atoms with Gasteiger partial charge >= 0.3 is 0 Å². The maximum atomic E-state index is 11.1. The zero-order valence-corrected chi connectivity index (χ0v) is 8.79. The molecular weight excluding hydrogens is 200 g/mol. The molecule has 0 radical (unpaired) electrons. The molecule has 3 heteroatoms. The lowest BCUT2D eigenvalue weighted by molar-refractivity contribution is -0.126. The highest BCUT2D eigenvalue weighted by Gasteiger charge is 2.12. The fraction of sp³-hybridized carbons (Fsp3) is 0.364. The van der Waals surface area contributed by atoms with Crippen molar-refractivity contribution in [3.05, 3.63) is 34.9 Å². The summed E-state index contributed by atoms with van der Waals surface area (Å²) >= 11 is 5.71. The molecule has 2 nitrogen and oxygen atoms in total. The average molecular weight is 213 g/mol. The van der Waals surface area contributed by atoms with Gasteiger partial charge in [0, 0.05) is 17.9 Å². The van der Waals surface area contributed by atoms with Crippen molar-refractivity contribution in [2.45, 2.75) is 25.9 Å². The van der Waals surface area contributed by atoms with Gasteiger partial charge in [0.2, 0.25) is 0 Å². The molecular formula is C11H13ClO2. The number of hydrogen-bond donors (Lipinski definition) is 1. The van der Waals surface area contributed by atoms with Crippen LogP contribution >= 0.6 is 11.6 Å². The zero-order chi connectivity index (χ0) is 10.6. The number of aliphatic hydroxyl groups excluding tert-OH is 1. The van der Waals surface area contributed by atoms with E-state index in [0.29, 0.717) is 17.9 Å². The van der Waals surface area contributed by atoms with E-state index in [1.165, 1.54) is 0 Å². The smallest absolute Gasteiger partial charge is 0.161 e. The molecule has 0 fully saturated rings. The molecule has 0 aliphatic rings. The molecule has 1 aromatic carbocycles. The second-order valence-corrected chi connectivity index (χ2v) is 3.60. The van der Waals surface area contributed by atoms with Crippen molar-refractivity contribution in [1.29, 1.82) is 0 Å². The number of ketones is 1. The maximum Gasteiger partial charge on any atom is 0.161 e. The van der Waals surface area contributed by atoms with Gasteiger partial charge < -0.3 is 5.11 Å². The van der Waals surface area contributed by atoms with Crippen LogP contribution in [-0.2, 0) is 11.2 Å². The van der Waals surface area contributed by atoms with Gasteiger partial charge in [0.15, 0.2) is 5.78 Å². The van der Waals surface area contributed by atoms with Gasteiger partial charge in [-0.05, 0) is 17.7 Å². The van der Waals surface area contributed by atoms with Crippen LogP contribution < -0.4 is 0 Å². The summed E-state index contributed by atoms with van der Waals surface area (Å²) in [6, 6.07) is 7.13. The molecule has 0 aliphatic carbocycles. The molecule has 0 saturated heterocycles. The minimum absolute atomic E-state index is 0.125. The number of hydrogen-bond acceptors (Lipinski definition) is 2. The van der Waals surface area contributed by atoms with Crippen LogP contribution in [0.2, 0.25) is 5.02 Å². The van der Waals surface area contributed by atoms with Crippen LogP contribution in [0.1, 0.15) is 18.9 Å². The Balaban J connectivity index is 2.60. The lowest BCUT2D eigenvalue weighted by Crippen LogP contribution is -2.21. The first-order chi connectivity index (χ1) is 6.63. The number of carbonyl (C=O) groups is 1. The van der Waals surface area contributed by atoms with Gasteiger partial charge in [-0.25, -0.2) is 0 Å². The molecule has 1 atom stereocenters. The van der Waals surface area contributed by atoms with Crippen LogP contribution in [0.4, 0.5) is 0 Å². The molecule has 0 saturated carbocycles. The predicted octanol–water partition coefficient (Wildman–Crippen LogP) is 2.22. The Morgan fingerprint density at radius 2 is 2.00 bits per heavy atom. The van der Waals surface area contributed by atoms with Crippen LogP contribution in [-0.4, -0.2) is 17.0 Å². The van der Waals surface area contributed by atoms with Crippen molar-refractivity contribution >= 4 is 17.4 Å². The highest BCUT2D eigenvalue weighted by atomic mass is 35.5. The molecule has 0 aromatic heterocycles. The zero-order valence-electron chi connectivity index (χ0n) is 8.03. The number of Topliss-reactive ketones (excluding diaryl/α,β-unsaturated/α-hetero) is 1. The molecule has 0 spiro atoms. The molecule has 0 amide bonds. The summed E-state index contributed by atoms with van der Waals surface area (Å²) in [7, 11) is 0. The first-order valence-corrected chi connectivity index (χ1v) is 4.96. The Bertz CT molecular complexity index is 306. The molecule has 0 unspecified atom stereocenters. The van der Waals surface area contributed by atoms with Crippen LogP contribution in [0.15, 0.2) is 24.3 Å². The minimum atomic E-state index is -0.888. The summed E-state index contributed by atoms with van der Waals surface area (Å²) in [5, 5.41) is 10.1. The second kappa shape index (κ2) is 5.13. The molecule has 76 valence electrons. The predicted molar refractivity (Wildman–Crippen MR) is 56.5 cm³/mol. The van der Waals surface area contributed by atoms with Crippen molar-refractivity contribution in [2.75, 3.05) is 0 Å². The highest BCUT2D eigenvalue weighted by molar-refractivity contribution is 6.30. The van der Waals surface area contributed by atoms with E-state index < -0.39 is 6.10 Å². The number of rotatable bonds is 4.